The van der Waals surface area contributed by atoms with Gasteiger partial charge in [0, 0.05) is 29.2 Å². The molecule has 29 heavy (non-hydrogen) atoms. The van der Waals surface area contributed by atoms with E-state index in [1.807, 2.05) is 18.2 Å². The molecule has 0 saturated carbocycles. The van der Waals surface area contributed by atoms with E-state index in [4.69, 9.17) is 4.98 Å². The number of H-pyrrole nitrogens is 2. The van der Waals surface area contributed by atoms with Crippen molar-refractivity contribution in [2.75, 3.05) is 0 Å². The van der Waals surface area contributed by atoms with Crippen molar-refractivity contribution in [1.82, 2.24) is 25.1 Å². The topological polar surface area (TPSA) is 70.2 Å². The number of halogens is 1. The van der Waals surface area contributed by atoms with E-state index in [9.17, 15) is 4.39 Å². The van der Waals surface area contributed by atoms with E-state index >= 15 is 0 Å². The fraction of sp³-hybridized carbons (Fsp3) is 0.0870. The van der Waals surface area contributed by atoms with Crippen LogP contribution < -0.4 is 0 Å². The third kappa shape index (κ3) is 3.34. The van der Waals surface area contributed by atoms with E-state index in [2.05, 4.69) is 38.1 Å². The molecular weight excluding hydrogens is 365 g/mol. The van der Waals surface area contributed by atoms with Gasteiger partial charge in [0.25, 0.3) is 0 Å². The zero-order chi connectivity index (χ0) is 19.6. The average molecular weight is 381 g/mol. The number of rotatable bonds is 2. The molecule has 1 aliphatic carbocycles. The molecule has 5 nitrogen and oxygen atoms in total. The van der Waals surface area contributed by atoms with E-state index in [1.165, 1.54) is 12.1 Å². The molecule has 0 amide bonds. The normalized spacial score (nSPS) is 12.7. The van der Waals surface area contributed by atoms with E-state index < -0.39 is 0 Å². The lowest BCUT2D eigenvalue weighted by molar-refractivity contribution is 0.627. The summed E-state index contributed by atoms with van der Waals surface area (Å²) in [5.74, 6) is 6.64. The number of aromatic nitrogens is 5. The molecule has 3 aromatic heterocycles. The molecule has 2 N–H and O–H groups in total. The summed E-state index contributed by atoms with van der Waals surface area (Å²) >= 11 is 0. The van der Waals surface area contributed by atoms with Crippen LogP contribution in [0.2, 0.25) is 0 Å². The Bertz CT molecular complexity index is 1270. The smallest absolute Gasteiger partial charge is 0.157 e. The van der Waals surface area contributed by atoms with Gasteiger partial charge in [0.2, 0.25) is 0 Å². The molecule has 0 atom stereocenters. The zero-order valence-corrected chi connectivity index (χ0v) is 15.4. The number of fused-ring (bicyclic) bond motifs is 1. The second-order valence-electron chi connectivity index (χ2n) is 6.73. The number of benzene rings is 1. The van der Waals surface area contributed by atoms with Crippen molar-refractivity contribution >= 4 is 5.57 Å². The minimum atomic E-state index is -0.257. The lowest BCUT2D eigenvalue weighted by Crippen LogP contribution is -2.00. The predicted octanol–water partition coefficient (Wildman–Crippen LogP) is 4.11. The summed E-state index contributed by atoms with van der Waals surface area (Å²) in [5.41, 5.74) is 5.95. The molecule has 0 bridgehead atoms. The second kappa shape index (κ2) is 7.21. The van der Waals surface area contributed by atoms with Gasteiger partial charge in [0.1, 0.15) is 11.5 Å². The molecule has 6 heteroatoms. The Hall–Kier alpha value is -3.98. The van der Waals surface area contributed by atoms with Crippen molar-refractivity contribution in [3.63, 3.8) is 0 Å². The first-order chi connectivity index (χ1) is 14.3. The van der Waals surface area contributed by atoms with Gasteiger partial charge in [-0.2, -0.15) is 5.10 Å². The van der Waals surface area contributed by atoms with Crippen LogP contribution in [0, 0.1) is 17.7 Å². The molecule has 4 aromatic rings. The fourth-order valence-electron chi connectivity index (χ4n) is 3.44. The Kier molecular flexibility index (Phi) is 4.26. The van der Waals surface area contributed by atoms with Crippen molar-refractivity contribution < 1.29 is 4.39 Å². The van der Waals surface area contributed by atoms with Crippen molar-refractivity contribution in [3.8, 4) is 23.4 Å². The summed E-state index contributed by atoms with van der Waals surface area (Å²) in [4.78, 5) is 12.3. The number of aromatic amines is 2. The SMILES string of the molecule is Fc1cccc(C2=CCCc3[nH]c(-c4[nH]ncc4C#Cc4cccnc4)nc32)c1. The summed E-state index contributed by atoms with van der Waals surface area (Å²) < 4.78 is 13.7. The molecule has 1 aromatic carbocycles. The minimum absolute atomic E-state index is 0.257. The van der Waals surface area contributed by atoms with Gasteiger partial charge < -0.3 is 4.98 Å². The van der Waals surface area contributed by atoms with Crippen LogP contribution in [0.5, 0.6) is 0 Å². The maximum Gasteiger partial charge on any atom is 0.157 e. The Morgan fingerprint density at radius 1 is 1.07 bits per heavy atom. The van der Waals surface area contributed by atoms with Gasteiger partial charge in [-0.15, -0.1) is 0 Å². The zero-order valence-electron chi connectivity index (χ0n) is 15.4. The maximum atomic E-state index is 13.7. The van der Waals surface area contributed by atoms with Crippen LogP contribution in [0.15, 0.2) is 61.1 Å². The van der Waals surface area contributed by atoms with Crippen LogP contribution >= 0.6 is 0 Å². The summed E-state index contributed by atoms with van der Waals surface area (Å²) in [6.45, 7) is 0. The van der Waals surface area contributed by atoms with E-state index in [1.54, 1.807) is 24.7 Å². The largest absolute Gasteiger partial charge is 0.340 e. The quantitative estimate of drug-likeness (QED) is 0.514. The van der Waals surface area contributed by atoms with Crippen LogP contribution in [0.4, 0.5) is 4.39 Å². The summed E-state index contributed by atoms with van der Waals surface area (Å²) in [6.07, 6.45) is 8.95. The number of hydrogen-bond acceptors (Lipinski definition) is 3. The van der Waals surface area contributed by atoms with Gasteiger partial charge in [-0.3, -0.25) is 10.1 Å². The van der Waals surface area contributed by atoms with Gasteiger partial charge in [-0.25, -0.2) is 9.37 Å². The van der Waals surface area contributed by atoms with Crippen molar-refractivity contribution in [1.29, 1.82) is 0 Å². The van der Waals surface area contributed by atoms with Gasteiger partial charge in [0.05, 0.1) is 17.5 Å². The number of nitrogens with zero attached hydrogens (tertiary/aromatic N) is 3. The molecule has 140 valence electrons. The van der Waals surface area contributed by atoms with Crippen molar-refractivity contribution in [2.45, 2.75) is 12.8 Å². The minimum Gasteiger partial charge on any atom is -0.340 e. The first-order valence-electron chi connectivity index (χ1n) is 9.29. The average Bonchev–Trinajstić information content (AvgIpc) is 3.39. The fourth-order valence-corrected chi connectivity index (χ4v) is 3.44. The Morgan fingerprint density at radius 3 is 2.90 bits per heavy atom. The lowest BCUT2D eigenvalue weighted by atomic mass is 9.94. The molecule has 1 aliphatic rings. The van der Waals surface area contributed by atoms with E-state index in [0.717, 1.165) is 52.2 Å². The third-order valence-electron chi connectivity index (χ3n) is 4.79. The molecule has 0 fully saturated rings. The van der Waals surface area contributed by atoms with Crippen molar-refractivity contribution in [2.24, 2.45) is 0 Å². The Morgan fingerprint density at radius 2 is 2.03 bits per heavy atom. The van der Waals surface area contributed by atoms with Gasteiger partial charge in [-0.05, 0) is 42.7 Å². The number of aryl methyl sites for hydroxylation is 1. The van der Waals surface area contributed by atoms with Gasteiger partial charge in [0.15, 0.2) is 5.82 Å². The van der Waals surface area contributed by atoms with E-state index in [0.29, 0.717) is 5.82 Å². The molecule has 5 rings (SSSR count). The van der Waals surface area contributed by atoms with Crippen LogP contribution in [-0.2, 0) is 6.42 Å². The highest BCUT2D eigenvalue weighted by Crippen LogP contribution is 2.32. The summed E-state index contributed by atoms with van der Waals surface area (Å²) in [5, 5.41) is 7.13. The maximum absolute atomic E-state index is 13.7. The third-order valence-corrected chi connectivity index (χ3v) is 4.79. The molecule has 0 unspecified atom stereocenters. The van der Waals surface area contributed by atoms with Crippen LogP contribution in [0.3, 0.4) is 0 Å². The molecule has 0 aliphatic heterocycles. The Balaban J connectivity index is 1.52. The van der Waals surface area contributed by atoms with E-state index in [-0.39, 0.29) is 5.82 Å². The Labute approximate surface area is 166 Å². The first kappa shape index (κ1) is 17.1. The lowest BCUT2D eigenvalue weighted by Gasteiger charge is -2.12. The van der Waals surface area contributed by atoms with Crippen LogP contribution in [0.1, 0.15) is 34.5 Å². The molecule has 3 heterocycles. The molecular formula is C23H16FN5. The second-order valence-corrected chi connectivity index (χ2v) is 6.73. The van der Waals surface area contributed by atoms with Crippen LogP contribution in [-0.4, -0.2) is 25.1 Å². The molecule has 0 spiro atoms. The van der Waals surface area contributed by atoms with Gasteiger partial charge >= 0.3 is 0 Å². The first-order valence-corrected chi connectivity index (χ1v) is 9.29. The standard InChI is InChI=1S/C23H16FN5/c24-18-6-1-5-16(12-18)19-7-2-8-20-22(19)28-23(27-20)21-17(14-26-29-21)10-9-15-4-3-11-25-13-15/h1,3-7,11-14H,2,8H2,(H,26,29)(H,27,28). The number of hydrogen-bond donors (Lipinski definition) is 2. The predicted molar refractivity (Wildman–Crippen MR) is 108 cm³/mol. The van der Waals surface area contributed by atoms with Gasteiger partial charge in [-0.1, -0.05) is 30.0 Å². The monoisotopic (exact) mass is 381 g/mol. The summed E-state index contributed by atoms with van der Waals surface area (Å²) in [7, 11) is 0. The summed E-state index contributed by atoms with van der Waals surface area (Å²) in [6, 6.07) is 10.4. The van der Waals surface area contributed by atoms with Crippen LogP contribution in [0.25, 0.3) is 17.1 Å². The number of imidazole rings is 1. The highest BCUT2D eigenvalue weighted by atomic mass is 19.1. The number of pyridine rings is 1. The highest BCUT2D eigenvalue weighted by Gasteiger charge is 2.21. The number of nitrogens with one attached hydrogen (secondary N) is 2. The molecule has 0 radical (unpaired) electrons. The highest BCUT2D eigenvalue weighted by molar-refractivity contribution is 5.81. The number of allylic oxidation sites excluding steroid dienone is 1. The van der Waals surface area contributed by atoms with Crippen molar-refractivity contribution in [3.05, 3.63) is 95.0 Å². The molecule has 0 saturated heterocycles.